The van der Waals surface area contributed by atoms with Crippen LogP contribution in [0.25, 0.3) is 0 Å². The van der Waals surface area contributed by atoms with Crippen LogP contribution in [0.15, 0.2) is 4.47 Å². The molecule has 174 valence electrons. The topological polar surface area (TPSA) is 68.2 Å². The Morgan fingerprint density at radius 2 is 2.12 bits per heavy atom. The molecule has 1 fully saturated rings. The molecule has 0 saturated heterocycles. The van der Waals surface area contributed by atoms with Gasteiger partial charge in [-0.15, -0.1) is 11.3 Å². The van der Waals surface area contributed by atoms with Crippen LogP contribution in [0.2, 0.25) is 0 Å². The van der Waals surface area contributed by atoms with E-state index in [0.717, 1.165) is 37.7 Å². The maximum atomic E-state index is 13.2. The lowest BCUT2D eigenvalue weighted by Gasteiger charge is -2.12. The molecule has 0 unspecified atom stereocenters. The number of thiocarbonyl (C=S) groups is 1. The summed E-state index contributed by atoms with van der Waals surface area (Å²) in [5.41, 5.74) is 1.33. The molecule has 0 atom stereocenters. The molecule has 2 heterocycles. The Morgan fingerprint density at radius 1 is 1.38 bits per heavy atom. The number of thiophene rings is 1. The fraction of sp³-hybridized carbons (Fsp3) is 0.550. The van der Waals surface area contributed by atoms with Crippen LogP contribution in [0.1, 0.15) is 63.8 Å². The summed E-state index contributed by atoms with van der Waals surface area (Å²) in [5.74, 6) is -0.256. The number of halogens is 4. The lowest BCUT2D eigenvalue weighted by Crippen LogP contribution is -2.30. The van der Waals surface area contributed by atoms with Crippen molar-refractivity contribution in [2.75, 3.05) is 19.0 Å². The summed E-state index contributed by atoms with van der Waals surface area (Å²) >= 11 is 9.97. The number of hydrogen-bond acceptors (Lipinski definition) is 5. The summed E-state index contributed by atoms with van der Waals surface area (Å²) in [7, 11) is 1.36. The first-order valence-corrected chi connectivity index (χ1v) is 12.3. The van der Waals surface area contributed by atoms with Crippen LogP contribution in [0.4, 0.5) is 18.2 Å². The molecule has 6 nitrogen and oxygen atoms in total. The molecule has 2 aromatic heterocycles. The van der Waals surface area contributed by atoms with Gasteiger partial charge >= 0.3 is 12.1 Å². The van der Waals surface area contributed by atoms with E-state index in [0.29, 0.717) is 40.9 Å². The molecule has 2 N–H and O–H groups in total. The third kappa shape index (κ3) is 4.81. The number of ether oxygens (including phenoxy) is 1. The van der Waals surface area contributed by atoms with Crippen molar-refractivity contribution in [2.24, 2.45) is 0 Å². The van der Waals surface area contributed by atoms with Gasteiger partial charge in [-0.05, 0) is 72.2 Å². The van der Waals surface area contributed by atoms with Gasteiger partial charge in [-0.2, -0.15) is 18.3 Å². The number of alkyl halides is 3. The number of nitrogens with one attached hydrogen (secondary N) is 2. The lowest BCUT2D eigenvalue weighted by atomic mass is 10.1. The van der Waals surface area contributed by atoms with Crippen LogP contribution < -0.4 is 10.6 Å². The van der Waals surface area contributed by atoms with E-state index < -0.39 is 11.9 Å². The maximum Gasteiger partial charge on any atom is 0.436 e. The summed E-state index contributed by atoms with van der Waals surface area (Å²) in [5, 5.41) is 11.0. The Labute approximate surface area is 201 Å². The molecule has 0 amide bonds. The molecular weight excluding hydrogens is 529 g/mol. The van der Waals surface area contributed by atoms with Crippen LogP contribution in [0.3, 0.4) is 0 Å². The number of carbonyl (C=O) groups excluding carboxylic acids is 1. The number of nitrogens with zero attached hydrogens (tertiary/aromatic N) is 2. The highest BCUT2D eigenvalue weighted by Crippen LogP contribution is 2.47. The molecule has 0 aliphatic heterocycles. The quantitative estimate of drug-likeness (QED) is 0.278. The number of aryl methyl sites for hydroxylation is 2. The molecule has 0 spiro atoms. The highest BCUT2D eigenvalue weighted by molar-refractivity contribution is 9.10. The molecule has 0 radical (unpaired) electrons. The van der Waals surface area contributed by atoms with Crippen molar-refractivity contribution in [1.29, 1.82) is 0 Å². The Balaban J connectivity index is 1.35. The first-order valence-electron chi connectivity index (χ1n) is 10.3. The normalized spacial score (nSPS) is 15.5. The summed E-state index contributed by atoms with van der Waals surface area (Å²) in [4.78, 5) is 13.4. The number of esters is 1. The standard InChI is InChI=1S/C20H22BrF3N4O2S2/c1-30-18(29)13-11-4-2-5-12(11)32-17(13)26-19(31)25-8-3-9-28-15(10-6-7-10)14(21)16(27-28)20(22,23)24/h10H,2-9H2,1H3,(H2,25,26,31). The van der Waals surface area contributed by atoms with Gasteiger partial charge in [0, 0.05) is 23.9 Å². The zero-order valence-corrected chi connectivity index (χ0v) is 20.5. The Morgan fingerprint density at radius 3 is 2.78 bits per heavy atom. The van der Waals surface area contributed by atoms with Gasteiger partial charge in [0.1, 0.15) is 5.00 Å². The summed E-state index contributed by atoms with van der Waals surface area (Å²) < 4.78 is 46.1. The third-order valence-electron chi connectivity index (χ3n) is 5.53. The molecule has 2 aromatic rings. The number of fused-ring (bicyclic) bond motifs is 1. The van der Waals surface area contributed by atoms with E-state index in [-0.39, 0.29) is 16.4 Å². The molecule has 1 saturated carbocycles. The van der Waals surface area contributed by atoms with Crippen molar-refractivity contribution < 1.29 is 22.7 Å². The van der Waals surface area contributed by atoms with E-state index in [4.69, 9.17) is 17.0 Å². The molecule has 2 aliphatic rings. The van der Waals surface area contributed by atoms with Gasteiger partial charge in [0.15, 0.2) is 10.8 Å². The average Bonchev–Trinajstić information content (AvgIpc) is 3.21. The van der Waals surface area contributed by atoms with Gasteiger partial charge in [-0.1, -0.05) is 0 Å². The van der Waals surface area contributed by atoms with Gasteiger partial charge < -0.3 is 15.4 Å². The lowest BCUT2D eigenvalue weighted by molar-refractivity contribution is -0.142. The second-order valence-corrected chi connectivity index (χ2v) is 10.1. The van der Waals surface area contributed by atoms with Crippen LogP contribution in [0.5, 0.6) is 0 Å². The van der Waals surface area contributed by atoms with Crippen LogP contribution in [-0.2, 0) is 30.3 Å². The van der Waals surface area contributed by atoms with E-state index >= 15 is 0 Å². The van der Waals surface area contributed by atoms with Gasteiger partial charge in [0.05, 0.1) is 22.8 Å². The number of anilines is 1. The van der Waals surface area contributed by atoms with E-state index in [1.54, 1.807) is 0 Å². The molecular formula is C20H22BrF3N4O2S2. The second-order valence-electron chi connectivity index (χ2n) is 7.83. The van der Waals surface area contributed by atoms with Gasteiger partial charge in [-0.3, -0.25) is 4.68 Å². The van der Waals surface area contributed by atoms with E-state index in [9.17, 15) is 18.0 Å². The molecule has 0 bridgehead atoms. The van der Waals surface area contributed by atoms with Gasteiger partial charge in [0.2, 0.25) is 0 Å². The molecule has 0 aromatic carbocycles. The minimum absolute atomic E-state index is 0.0544. The Bertz CT molecular complexity index is 1050. The number of methoxy groups -OCH3 is 1. The maximum absolute atomic E-state index is 13.2. The predicted molar refractivity (Wildman–Crippen MR) is 123 cm³/mol. The minimum atomic E-state index is -4.49. The predicted octanol–water partition coefficient (Wildman–Crippen LogP) is 5.26. The van der Waals surface area contributed by atoms with Crippen molar-refractivity contribution >= 4 is 55.6 Å². The minimum Gasteiger partial charge on any atom is -0.465 e. The van der Waals surface area contributed by atoms with Crippen molar-refractivity contribution in [3.05, 3.63) is 31.9 Å². The zero-order valence-electron chi connectivity index (χ0n) is 17.3. The first-order chi connectivity index (χ1) is 15.2. The number of aromatic nitrogens is 2. The van der Waals surface area contributed by atoms with E-state index in [1.807, 2.05) is 0 Å². The average molecular weight is 551 g/mol. The summed E-state index contributed by atoms with van der Waals surface area (Å²) in [6.45, 7) is 0.796. The first kappa shape index (κ1) is 23.5. The van der Waals surface area contributed by atoms with Crippen LogP contribution in [-0.4, -0.2) is 34.5 Å². The monoisotopic (exact) mass is 550 g/mol. The van der Waals surface area contributed by atoms with Crippen LogP contribution in [0, 0.1) is 0 Å². The van der Waals surface area contributed by atoms with E-state index in [2.05, 4.69) is 31.7 Å². The highest BCUT2D eigenvalue weighted by atomic mass is 79.9. The van der Waals surface area contributed by atoms with Crippen molar-refractivity contribution in [3.8, 4) is 0 Å². The Hall–Kier alpha value is -1.66. The van der Waals surface area contributed by atoms with Crippen molar-refractivity contribution in [3.63, 3.8) is 0 Å². The molecule has 32 heavy (non-hydrogen) atoms. The zero-order chi connectivity index (χ0) is 23.0. The number of carbonyl (C=O) groups is 1. The fourth-order valence-electron chi connectivity index (χ4n) is 3.94. The largest absolute Gasteiger partial charge is 0.465 e. The summed E-state index contributed by atoms with van der Waals surface area (Å²) in [6, 6.07) is 0. The fourth-order valence-corrected chi connectivity index (χ4v) is 6.32. The summed E-state index contributed by atoms with van der Waals surface area (Å²) in [6.07, 6.45) is 0.613. The molecule has 4 rings (SSSR count). The number of hydrogen-bond donors (Lipinski definition) is 2. The second kappa shape index (κ2) is 9.30. The van der Waals surface area contributed by atoms with Gasteiger partial charge in [-0.25, -0.2) is 4.79 Å². The molecule has 12 heteroatoms. The third-order valence-corrected chi connectivity index (χ3v) is 7.77. The smallest absolute Gasteiger partial charge is 0.436 e. The molecule has 2 aliphatic carbocycles. The highest BCUT2D eigenvalue weighted by Gasteiger charge is 2.41. The number of rotatable bonds is 7. The van der Waals surface area contributed by atoms with Crippen molar-refractivity contribution in [2.45, 2.75) is 57.2 Å². The van der Waals surface area contributed by atoms with E-state index in [1.165, 1.54) is 28.0 Å². The van der Waals surface area contributed by atoms with Crippen molar-refractivity contribution in [1.82, 2.24) is 15.1 Å². The van der Waals surface area contributed by atoms with Crippen LogP contribution >= 0.6 is 39.5 Å². The SMILES string of the molecule is COC(=O)c1c(NC(=S)NCCCn2nc(C(F)(F)F)c(Br)c2C2CC2)sc2c1CCC2. The van der Waals surface area contributed by atoms with Gasteiger partial charge in [0.25, 0.3) is 0 Å². The Kier molecular flexibility index (Phi) is 6.83.